The van der Waals surface area contributed by atoms with E-state index in [2.05, 4.69) is 50.0 Å². The van der Waals surface area contributed by atoms with Gasteiger partial charge in [-0.05, 0) is 54.4 Å². The molecule has 0 aliphatic rings. The molecule has 0 aliphatic heterocycles. The van der Waals surface area contributed by atoms with Crippen LogP contribution in [0.15, 0.2) is 0 Å². The molecule has 0 aromatic rings. The number of hydrogen-bond acceptors (Lipinski definition) is 4. The smallest absolute Gasteiger partial charge is 0.0611 e. The van der Waals surface area contributed by atoms with Gasteiger partial charge in [0.1, 0.15) is 0 Å². The maximum absolute atomic E-state index is 9.47. The lowest BCUT2D eigenvalue weighted by atomic mass is 9.94. The summed E-state index contributed by atoms with van der Waals surface area (Å²) in [6.07, 6.45) is 2.14. The average Bonchev–Trinajstić information content (AvgIpc) is 2.33. The lowest BCUT2D eigenvalue weighted by molar-refractivity contribution is 0.114. The first-order valence-electron chi connectivity index (χ1n) is 7.07. The second-order valence-corrected chi connectivity index (χ2v) is 5.86. The van der Waals surface area contributed by atoms with Crippen molar-refractivity contribution < 1.29 is 5.11 Å². The fourth-order valence-electron chi connectivity index (χ4n) is 2.20. The number of aliphatic hydroxyl groups is 1. The number of likely N-dealkylation sites (N-methyl/N-ethyl adjacent to an activating group) is 2. The van der Waals surface area contributed by atoms with Crippen LogP contribution in [0.2, 0.25) is 0 Å². The Bertz CT molecular complexity index is 205. The highest BCUT2D eigenvalue weighted by Crippen LogP contribution is 2.16. The van der Waals surface area contributed by atoms with E-state index in [0.717, 1.165) is 26.1 Å². The van der Waals surface area contributed by atoms with Crippen LogP contribution in [0.5, 0.6) is 0 Å². The summed E-state index contributed by atoms with van der Waals surface area (Å²) in [7, 11) is 6.15. The van der Waals surface area contributed by atoms with Crippen molar-refractivity contribution >= 4 is 0 Å². The minimum absolute atomic E-state index is 0.177. The molecule has 0 spiro atoms. The van der Waals surface area contributed by atoms with Crippen LogP contribution in [0.25, 0.3) is 0 Å². The van der Waals surface area contributed by atoms with Gasteiger partial charge in [-0.15, -0.1) is 0 Å². The fourth-order valence-corrected chi connectivity index (χ4v) is 2.20. The molecule has 0 saturated heterocycles. The van der Waals surface area contributed by atoms with Gasteiger partial charge in [-0.25, -0.2) is 0 Å². The van der Waals surface area contributed by atoms with E-state index >= 15 is 0 Å². The molecule has 0 aromatic heterocycles. The van der Waals surface area contributed by atoms with Crippen LogP contribution in [0.1, 0.15) is 33.6 Å². The van der Waals surface area contributed by atoms with Gasteiger partial charge in [0.2, 0.25) is 0 Å². The zero-order chi connectivity index (χ0) is 14.2. The van der Waals surface area contributed by atoms with Gasteiger partial charge >= 0.3 is 0 Å². The minimum atomic E-state index is -0.177. The summed E-state index contributed by atoms with van der Waals surface area (Å²) in [6, 6.07) is 0.481. The molecule has 0 aromatic carbocycles. The Kier molecular flexibility index (Phi) is 8.78. The average molecular weight is 259 g/mol. The summed E-state index contributed by atoms with van der Waals surface area (Å²) >= 11 is 0. The molecule has 0 amide bonds. The van der Waals surface area contributed by atoms with E-state index in [1.165, 1.54) is 6.42 Å². The second kappa shape index (κ2) is 8.86. The Morgan fingerprint density at radius 2 is 1.83 bits per heavy atom. The summed E-state index contributed by atoms with van der Waals surface area (Å²) in [5.41, 5.74) is -0.177. The first-order chi connectivity index (χ1) is 8.38. The maximum Gasteiger partial charge on any atom is 0.0611 e. The van der Waals surface area contributed by atoms with Crippen molar-refractivity contribution in [3.63, 3.8) is 0 Å². The predicted molar refractivity (Wildman–Crippen MR) is 79.0 cm³/mol. The molecule has 2 atom stereocenters. The second-order valence-electron chi connectivity index (χ2n) is 5.86. The third kappa shape index (κ3) is 6.69. The molecule has 0 radical (unpaired) electrons. The van der Waals surface area contributed by atoms with Crippen molar-refractivity contribution in [2.75, 3.05) is 47.4 Å². The van der Waals surface area contributed by atoms with Gasteiger partial charge in [0.25, 0.3) is 0 Å². The molecule has 2 N–H and O–H groups in total. The van der Waals surface area contributed by atoms with Crippen LogP contribution in [0, 0.1) is 0 Å². The fraction of sp³-hybridized carbons (Fsp3) is 1.00. The molecule has 0 rings (SSSR count). The number of hydrogen-bond donors (Lipinski definition) is 2. The molecular weight excluding hydrogens is 226 g/mol. The summed E-state index contributed by atoms with van der Waals surface area (Å²) < 4.78 is 0. The quantitative estimate of drug-likeness (QED) is 0.614. The molecule has 0 fully saturated rings. The van der Waals surface area contributed by atoms with E-state index in [-0.39, 0.29) is 12.1 Å². The monoisotopic (exact) mass is 259 g/mol. The number of nitrogens with one attached hydrogen (secondary N) is 1. The van der Waals surface area contributed by atoms with Crippen molar-refractivity contribution in [1.29, 1.82) is 0 Å². The van der Waals surface area contributed by atoms with Crippen molar-refractivity contribution in [1.82, 2.24) is 15.1 Å². The Morgan fingerprint density at radius 3 is 2.22 bits per heavy atom. The molecule has 0 heterocycles. The zero-order valence-electron chi connectivity index (χ0n) is 13.2. The number of aliphatic hydroxyl groups excluding tert-OH is 1. The van der Waals surface area contributed by atoms with Crippen LogP contribution < -0.4 is 5.32 Å². The largest absolute Gasteiger partial charge is 0.394 e. The molecule has 0 aliphatic carbocycles. The molecule has 4 heteroatoms. The molecule has 0 saturated carbocycles. The van der Waals surface area contributed by atoms with Gasteiger partial charge in [-0.3, -0.25) is 4.90 Å². The Morgan fingerprint density at radius 1 is 1.22 bits per heavy atom. The normalized spacial score (nSPS) is 17.2. The number of nitrogens with zero attached hydrogens (tertiary/aromatic N) is 2. The predicted octanol–water partition coefficient (Wildman–Crippen LogP) is 1.01. The SMILES string of the molecule is CCCN(CCN(C)C)C(C)CC(C)(CO)NC. The van der Waals surface area contributed by atoms with Gasteiger partial charge in [-0.1, -0.05) is 6.92 Å². The van der Waals surface area contributed by atoms with Gasteiger partial charge in [0.15, 0.2) is 0 Å². The van der Waals surface area contributed by atoms with Gasteiger partial charge in [-0.2, -0.15) is 0 Å². The van der Waals surface area contributed by atoms with Crippen molar-refractivity contribution in [2.24, 2.45) is 0 Å². The first-order valence-corrected chi connectivity index (χ1v) is 7.07. The zero-order valence-corrected chi connectivity index (χ0v) is 13.2. The van der Waals surface area contributed by atoms with Crippen LogP contribution >= 0.6 is 0 Å². The highest BCUT2D eigenvalue weighted by atomic mass is 16.3. The van der Waals surface area contributed by atoms with E-state index < -0.39 is 0 Å². The molecule has 4 nitrogen and oxygen atoms in total. The molecule has 0 bridgehead atoms. The van der Waals surface area contributed by atoms with Gasteiger partial charge < -0.3 is 15.3 Å². The summed E-state index contributed by atoms with van der Waals surface area (Å²) in [6.45, 7) is 10.0. The highest BCUT2D eigenvalue weighted by Gasteiger charge is 2.26. The van der Waals surface area contributed by atoms with E-state index in [9.17, 15) is 5.11 Å². The maximum atomic E-state index is 9.47. The molecular formula is C14H33N3O. The highest BCUT2D eigenvalue weighted by molar-refractivity contribution is 4.86. The van der Waals surface area contributed by atoms with Crippen LogP contribution in [0.4, 0.5) is 0 Å². The Labute approximate surface area is 113 Å². The third-order valence-corrected chi connectivity index (χ3v) is 3.67. The van der Waals surface area contributed by atoms with Crippen LogP contribution in [0.3, 0.4) is 0 Å². The lowest BCUT2D eigenvalue weighted by Crippen LogP contribution is -2.50. The summed E-state index contributed by atoms with van der Waals surface area (Å²) in [5.74, 6) is 0. The van der Waals surface area contributed by atoms with E-state index in [4.69, 9.17) is 0 Å². The Hall–Kier alpha value is -0.160. The third-order valence-electron chi connectivity index (χ3n) is 3.67. The first kappa shape index (κ1) is 17.8. The van der Waals surface area contributed by atoms with Crippen molar-refractivity contribution in [3.05, 3.63) is 0 Å². The topological polar surface area (TPSA) is 38.7 Å². The van der Waals surface area contributed by atoms with Gasteiger partial charge in [0, 0.05) is 24.7 Å². The van der Waals surface area contributed by atoms with Crippen molar-refractivity contribution in [3.8, 4) is 0 Å². The molecule has 2 unspecified atom stereocenters. The Balaban J connectivity index is 4.40. The molecule has 110 valence electrons. The van der Waals surface area contributed by atoms with E-state index in [1.807, 2.05) is 7.05 Å². The van der Waals surface area contributed by atoms with Gasteiger partial charge in [0.05, 0.1) is 6.61 Å². The summed E-state index contributed by atoms with van der Waals surface area (Å²) in [5, 5.41) is 12.7. The number of rotatable bonds is 10. The molecule has 18 heavy (non-hydrogen) atoms. The standard InChI is InChI=1S/C14H33N3O/c1-7-8-17(10-9-16(5)6)13(2)11-14(3,12-18)15-4/h13,15,18H,7-12H2,1-6H3. The van der Waals surface area contributed by atoms with Crippen molar-refractivity contribution in [2.45, 2.75) is 45.2 Å². The van der Waals surface area contributed by atoms with Crippen LogP contribution in [-0.2, 0) is 0 Å². The summed E-state index contributed by atoms with van der Waals surface area (Å²) in [4.78, 5) is 4.74. The minimum Gasteiger partial charge on any atom is -0.394 e. The van der Waals surface area contributed by atoms with E-state index in [0.29, 0.717) is 6.04 Å². The van der Waals surface area contributed by atoms with E-state index in [1.54, 1.807) is 0 Å². The van der Waals surface area contributed by atoms with Crippen LogP contribution in [-0.4, -0.2) is 73.9 Å². The lowest BCUT2D eigenvalue weighted by Gasteiger charge is -2.36.